The smallest absolute Gasteiger partial charge is 0.336 e. The summed E-state index contributed by atoms with van der Waals surface area (Å²) in [6.07, 6.45) is 0. The lowest BCUT2D eigenvalue weighted by molar-refractivity contribution is 0.0690. The Morgan fingerprint density at radius 2 is 2.17 bits per heavy atom. The molecule has 0 aliphatic carbocycles. The van der Waals surface area contributed by atoms with E-state index in [2.05, 4.69) is 0 Å². The Hall–Kier alpha value is -1.55. The summed E-state index contributed by atoms with van der Waals surface area (Å²) in [4.78, 5) is 10.5. The van der Waals surface area contributed by atoms with Crippen LogP contribution in [-0.4, -0.2) is 11.1 Å². The van der Waals surface area contributed by atoms with Crippen molar-refractivity contribution in [1.82, 2.24) is 0 Å². The van der Waals surface area contributed by atoms with Crippen LogP contribution in [0.5, 0.6) is 0 Å². The third-order valence-corrected chi connectivity index (χ3v) is 1.59. The van der Waals surface area contributed by atoms with Gasteiger partial charge in [0.05, 0.1) is 5.56 Å². The number of rotatable bonds is 2. The Bertz CT molecular complexity index is 309. The highest BCUT2D eigenvalue weighted by Gasteiger charge is 2.11. The van der Waals surface area contributed by atoms with Gasteiger partial charge in [-0.3, -0.25) is 0 Å². The van der Waals surface area contributed by atoms with Crippen molar-refractivity contribution in [2.75, 3.05) is 5.73 Å². The van der Waals surface area contributed by atoms with Gasteiger partial charge >= 0.3 is 5.97 Å². The molecule has 0 fully saturated rings. The lowest BCUT2D eigenvalue weighted by Crippen LogP contribution is -2.05. The van der Waals surface area contributed by atoms with Gasteiger partial charge in [0.1, 0.15) is 6.61 Å². The average molecular weight is 166 g/mol. The highest BCUT2D eigenvalue weighted by molar-refractivity contribution is 5.91. The molecule has 12 heavy (non-hydrogen) atoms. The lowest BCUT2D eigenvalue weighted by Gasteiger charge is -2.04. The fourth-order valence-corrected chi connectivity index (χ4v) is 0.966. The van der Waals surface area contributed by atoms with E-state index in [0.717, 1.165) is 0 Å². The highest BCUT2D eigenvalue weighted by atomic mass is 16.4. The Kier molecular flexibility index (Phi) is 2.30. The molecule has 1 radical (unpaired) electrons. The maximum Gasteiger partial charge on any atom is 0.336 e. The molecule has 0 heterocycles. The highest BCUT2D eigenvalue weighted by Crippen LogP contribution is 2.16. The summed E-state index contributed by atoms with van der Waals surface area (Å²) in [5.74, 6) is -1.12. The number of hydrogen-bond acceptors (Lipinski definition) is 2. The molecule has 0 atom stereocenters. The fraction of sp³-hybridized carbons (Fsp3) is 0.125. The Balaban J connectivity index is 3.27. The molecule has 4 nitrogen and oxygen atoms in total. The van der Waals surface area contributed by atoms with Crippen molar-refractivity contribution in [2.45, 2.75) is 6.61 Å². The van der Waals surface area contributed by atoms with Gasteiger partial charge in [-0.15, -0.1) is 0 Å². The van der Waals surface area contributed by atoms with Gasteiger partial charge in [-0.2, -0.15) is 0 Å². The van der Waals surface area contributed by atoms with E-state index in [4.69, 9.17) is 10.8 Å². The number of aromatic carboxylic acids is 1. The third kappa shape index (κ3) is 1.38. The van der Waals surface area contributed by atoms with Gasteiger partial charge in [0.15, 0.2) is 0 Å². The molecule has 0 aliphatic rings. The van der Waals surface area contributed by atoms with Crippen molar-refractivity contribution < 1.29 is 15.0 Å². The molecule has 63 valence electrons. The molecular weight excluding hydrogens is 158 g/mol. The van der Waals surface area contributed by atoms with E-state index in [1.165, 1.54) is 18.2 Å². The third-order valence-electron chi connectivity index (χ3n) is 1.59. The van der Waals surface area contributed by atoms with Crippen LogP contribution in [0.15, 0.2) is 18.2 Å². The normalized spacial score (nSPS) is 9.75. The number of hydrogen-bond donors (Lipinski definition) is 2. The van der Waals surface area contributed by atoms with Crippen LogP contribution in [0.1, 0.15) is 15.9 Å². The van der Waals surface area contributed by atoms with Crippen molar-refractivity contribution in [3.8, 4) is 0 Å². The molecular formula is C8H8NO3. The Morgan fingerprint density at radius 3 is 2.58 bits per heavy atom. The first-order valence-electron chi connectivity index (χ1n) is 3.35. The first-order valence-corrected chi connectivity index (χ1v) is 3.35. The molecule has 1 rings (SSSR count). The van der Waals surface area contributed by atoms with Gasteiger partial charge in [-0.25, -0.2) is 9.90 Å². The van der Waals surface area contributed by atoms with Crippen LogP contribution in [0.3, 0.4) is 0 Å². The van der Waals surface area contributed by atoms with Crippen molar-refractivity contribution in [3.63, 3.8) is 0 Å². The molecule has 4 heteroatoms. The average Bonchev–Trinajstić information content (AvgIpc) is 2.03. The van der Waals surface area contributed by atoms with Crippen LogP contribution in [0, 0.1) is 0 Å². The summed E-state index contributed by atoms with van der Waals surface area (Å²) in [5, 5.41) is 19.2. The predicted molar refractivity (Wildman–Crippen MR) is 42.2 cm³/mol. The van der Waals surface area contributed by atoms with Gasteiger partial charge in [0.25, 0.3) is 0 Å². The van der Waals surface area contributed by atoms with Crippen LogP contribution < -0.4 is 5.73 Å². The quantitative estimate of drug-likeness (QED) is 0.640. The first-order chi connectivity index (χ1) is 5.66. The summed E-state index contributed by atoms with van der Waals surface area (Å²) in [5.41, 5.74) is 5.80. The number of nitrogen functional groups attached to an aromatic ring is 1. The van der Waals surface area contributed by atoms with E-state index in [1.807, 2.05) is 0 Å². The molecule has 1 aromatic rings. The van der Waals surface area contributed by atoms with E-state index in [-0.39, 0.29) is 16.8 Å². The zero-order valence-electron chi connectivity index (χ0n) is 6.28. The van der Waals surface area contributed by atoms with Gasteiger partial charge in [0, 0.05) is 11.3 Å². The zero-order chi connectivity index (χ0) is 9.14. The van der Waals surface area contributed by atoms with E-state index in [9.17, 15) is 9.90 Å². The minimum absolute atomic E-state index is 0.00926. The van der Waals surface area contributed by atoms with Crippen LogP contribution in [0.4, 0.5) is 5.69 Å². The lowest BCUT2D eigenvalue weighted by atomic mass is 10.1. The van der Waals surface area contributed by atoms with Crippen molar-refractivity contribution in [2.24, 2.45) is 0 Å². The molecule has 0 aromatic heterocycles. The molecule has 0 spiro atoms. The van der Waals surface area contributed by atoms with Gasteiger partial charge < -0.3 is 10.8 Å². The van der Waals surface area contributed by atoms with Crippen LogP contribution in [0.2, 0.25) is 0 Å². The topological polar surface area (TPSA) is 83.2 Å². The summed E-state index contributed by atoms with van der Waals surface area (Å²) in [6.45, 7) is -0.603. The molecule has 0 bridgehead atoms. The number of anilines is 1. The minimum atomic E-state index is -1.12. The minimum Gasteiger partial charge on any atom is -0.478 e. The fourth-order valence-electron chi connectivity index (χ4n) is 0.966. The Morgan fingerprint density at radius 1 is 1.50 bits per heavy atom. The van der Waals surface area contributed by atoms with E-state index in [0.29, 0.717) is 0 Å². The number of carbonyl (C=O) groups is 1. The second-order valence-corrected chi connectivity index (χ2v) is 2.32. The van der Waals surface area contributed by atoms with Crippen molar-refractivity contribution >= 4 is 11.7 Å². The van der Waals surface area contributed by atoms with Gasteiger partial charge in [0.2, 0.25) is 0 Å². The molecule has 3 N–H and O–H groups in total. The SMILES string of the molecule is Nc1cccc(C(=O)O)c1C[O]. The molecule has 0 aliphatic heterocycles. The monoisotopic (exact) mass is 166 g/mol. The summed E-state index contributed by atoms with van der Waals surface area (Å²) >= 11 is 0. The molecule has 1 aromatic carbocycles. The molecule has 0 saturated carbocycles. The van der Waals surface area contributed by atoms with Crippen molar-refractivity contribution in [1.29, 1.82) is 0 Å². The first kappa shape index (κ1) is 8.55. The Labute approximate surface area is 69.3 Å². The van der Waals surface area contributed by atoms with E-state index in [1.54, 1.807) is 0 Å². The number of nitrogens with two attached hydrogens (primary N) is 1. The second-order valence-electron chi connectivity index (χ2n) is 2.32. The summed E-state index contributed by atoms with van der Waals surface area (Å²) in [6, 6.07) is 4.39. The van der Waals surface area contributed by atoms with Gasteiger partial charge in [-0.1, -0.05) is 6.07 Å². The summed E-state index contributed by atoms with van der Waals surface area (Å²) in [7, 11) is 0. The predicted octanol–water partition coefficient (Wildman–Crippen LogP) is 0.898. The largest absolute Gasteiger partial charge is 0.478 e. The second kappa shape index (κ2) is 3.23. The zero-order valence-corrected chi connectivity index (χ0v) is 6.28. The summed E-state index contributed by atoms with van der Waals surface area (Å²) < 4.78 is 0. The standard InChI is InChI=1S/C8H8NO3/c9-7-3-1-2-5(8(11)12)6(7)4-10/h1-3H,4,9H2,(H,11,12). The molecule has 0 unspecified atom stereocenters. The number of carboxylic acid groups (broad SMARTS) is 1. The van der Waals surface area contributed by atoms with Crippen LogP contribution >= 0.6 is 0 Å². The number of benzene rings is 1. The van der Waals surface area contributed by atoms with Crippen molar-refractivity contribution in [3.05, 3.63) is 29.3 Å². The van der Waals surface area contributed by atoms with Crippen LogP contribution in [-0.2, 0) is 11.7 Å². The maximum atomic E-state index is 10.5. The number of carboxylic acids is 1. The maximum absolute atomic E-state index is 10.5. The van der Waals surface area contributed by atoms with Gasteiger partial charge in [-0.05, 0) is 12.1 Å². The van der Waals surface area contributed by atoms with E-state index >= 15 is 0 Å². The van der Waals surface area contributed by atoms with E-state index < -0.39 is 12.6 Å². The molecule has 0 amide bonds. The van der Waals surface area contributed by atoms with Crippen LogP contribution in [0.25, 0.3) is 0 Å². The molecule has 0 saturated heterocycles.